The first-order chi connectivity index (χ1) is 10.4. The molecule has 0 bridgehead atoms. The average Bonchev–Trinajstić information content (AvgIpc) is 2.95. The highest BCUT2D eigenvalue weighted by Crippen LogP contribution is 2.23. The van der Waals surface area contributed by atoms with Gasteiger partial charge in [0, 0.05) is 10.6 Å². The maximum absolute atomic E-state index is 12.2. The van der Waals surface area contributed by atoms with Crippen molar-refractivity contribution >= 4 is 38.9 Å². The number of amides is 1. The lowest BCUT2D eigenvalue weighted by Crippen LogP contribution is -2.30. The van der Waals surface area contributed by atoms with Crippen molar-refractivity contribution in [2.45, 2.75) is 4.21 Å². The van der Waals surface area contributed by atoms with Crippen molar-refractivity contribution in [1.29, 1.82) is 5.26 Å². The largest absolute Gasteiger partial charge is 0.497 e. The van der Waals surface area contributed by atoms with E-state index in [4.69, 9.17) is 21.6 Å². The average molecular weight is 357 g/mol. The second-order valence-electron chi connectivity index (χ2n) is 4.05. The number of nitrogens with zero attached hydrogens (tertiary/aromatic N) is 1. The van der Waals surface area contributed by atoms with Gasteiger partial charge in [0.25, 0.3) is 15.9 Å². The minimum Gasteiger partial charge on any atom is -0.497 e. The molecule has 0 fully saturated rings. The van der Waals surface area contributed by atoms with Crippen LogP contribution in [0.25, 0.3) is 0 Å². The predicted molar refractivity (Wildman–Crippen MR) is 81.7 cm³/mol. The molecule has 0 aliphatic rings. The Balaban J connectivity index is 2.33. The number of hydrogen-bond acceptors (Lipinski definition) is 6. The Hall–Kier alpha value is -2.08. The van der Waals surface area contributed by atoms with E-state index in [0.29, 0.717) is 5.75 Å². The van der Waals surface area contributed by atoms with Gasteiger partial charge in [-0.15, -0.1) is 11.3 Å². The van der Waals surface area contributed by atoms with Crippen LogP contribution in [0.1, 0.15) is 15.9 Å². The number of ether oxygens (including phenoxy) is 1. The van der Waals surface area contributed by atoms with Gasteiger partial charge in [0.2, 0.25) is 0 Å². The molecule has 0 aliphatic heterocycles. The van der Waals surface area contributed by atoms with Crippen LogP contribution < -0.4 is 9.46 Å². The van der Waals surface area contributed by atoms with E-state index >= 15 is 0 Å². The van der Waals surface area contributed by atoms with E-state index in [1.54, 1.807) is 6.07 Å². The summed E-state index contributed by atoms with van der Waals surface area (Å²) in [5.41, 5.74) is 0.0111. The van der Waals surface area contributed by atoms with Gasteiger partial charge in [-0.05, 0) is 29.6 Å². The van der Waals surface area contributed by atoms with Gasteiger partial charge in [0.15, 0.2) is 4.21 Å². The molecule has 0 radical (unpaired) electrons. The van der Waals surface area contributed by atoms with E-state index in [9.17, 15) is 13.2 Å². The molecule has 1 N–H and O–H groups in total. The normalized spacial score (nSPS) is 10.8. The first-order valence-electron chi connectivity index (χ1n) is 5.76. The van der Waals surface area contributed by atoms with E-state index in [0.717, 1.165) is 11.3 Å². The number of benzene rings is 1. The molecule has 1 heterocycles. The van der Waals surface area contributed by atoms with Crippen LogP contribution in [0.3, 0.4) is 0 Å². The number of carbonyl (C=O) groups is 1. The number of rotatable bonds is 4. The molecule has 2 aromatic rings. The minimum atomic E-state index is -4.13. The fraction of sp³-hybridized carbons (Fsp3) is 0.0769. The molecule has 0 saturated carbocycles. The molecule has 0 spiro atoms. The van der Waals surface area contributed by atoms with Crippen LogP contribution in [0.5, 0.6) is 5.75 Å². The fourth-order valence-electron chi connectivity index (χ4n) is 1.63. The van der Waals surface area contributed by atoms with Gasteiger partial charge in [-0.3, -0.25) is 4.79 Å². The van der Waals surface area contributed by atoms with Gasteiger partial charge in [-0.25, -0.2) is 13.1 Å². The maximum Gasteiger partial charge on any atom is 0.275 e. The van der Waals surface area contributed by atoms with Crippen LogP contribution in [0, 0.1) is 11.3 Å². The first-order valence-corrected chi connectivity index (χ1v) is 8.51. The van der Waals surface area contributed by atoms with Crippen LogP contribution in [0.15, 0.2) is 33.9 Å². The molecule has 22 heavy (non-hydrogen) atoms. The summed E-state index contributed by atoms with van der Waals surface area (Å²) in [7, 11) is -2.73. The first kappa shape index (κ1) is 16.3. The molecule has 1 aromatic heterocycles. The van der Waals surface area contributed by atoms with Crippen LogP contribution in [-0.2, 0) is 10.0 Å². The molecule has 0 unspecified atom stereocenters. The molecular weight excluding hydrogens is 348 g/mol. The summed E-state index contributed by atoms with van der Waals surface area (Å²) in [4.78, 5) is 12.1. The molecule has 9 heteroatoms. The van der Waals surface area contributed by atoms with E-state index < -0.39 is 15.9 Å². The fourth-order valence-corrected chi connectivity index (χ4v) is 4.08. The third-order valence-electron chi connectivity index (χ3n) is 2.59. The summed E-state index contributed by atoms with van der Waals surface area (Å²) < 4.78 is 31.0. The SMILES string of the molecule is COc1cc(Cl)cc(C(=O)NS(=O)(=O)c2sccc2C#N)c1. The molecule has 114 valence electrons. The minimum absolute atomic E-state index is 0.0195. The second-order valence-corrected chi connectivity index (χ2v) is 7.28. The maximum atomic E-state index is 12.2. The standard InChI is InChI=1S/C13H9ClN2O4S2/c1-20-11-5-9(4-10(14)6-11)12(17)16-22(18,19)13-8(7-15)2-3-21-13/h2-6H,1H3,(H,16,17). The predicted octanol–water partition coefficient (Wildman–Crippen LogP) is 2.40. The van der Waals surface area contributed by atoms with Crippen LogP contribution in [0.4, 0.5) is 0 Å². The van der Waals surface area contributed by atoms with Gasteiger partial charge in [0.05, 0.1) is 12.7 Å². The summed E-state index contributed by atoms with van der Waals surface area (Å²) >= 11 is 6.69. The zero-order valence-corrected chi connectivity index (χ0v) is 13.6. The number of thiophene rings is 1. The third-order valence-corrected chi connectivity index (χ3v) is 5.62. The van der Waals surface area contributed by atoms with Crippen molar-refractivity contribution in [2.24, 2.45) is 0 Å². The highest BCUT2D eigenvalue weighted by atomic mass is 35.5. The molecule has 2 rings (SSSR count). The Bertz CT molecular complexity index is 868. The Labute approximate surface area is 136 Å². The van der Waals surface area contributed by atoms with Crippen molar-refractivity contribution in [1.82, 2.24) is 4.72 Å². The quantitative estimate of drug-likeness (QED) is 0.907. The molecule has 1 amide bonds. The van der Waals surface area contributed by atoms with Crippen molar-refractivity contribution in [3.8, 4) is 11.8 Å². The topological polar surface area (TPSA) is 96.3 Å². The Morgan fingerprint density at radius 1 is 1.41 bits per heavy atom. The zero-order chi connectivity index (χ0) is 16.3. The van der Waals surface area contributed by atoms with Crippen LogP contribution >= 0.6 is 22.9 Å². The van der Waals surface area contributed by atoms with E-state index in [1.807, 2.05) is 4.72 Å². The second kappa shape index (κ2) is 6.36. The number of halogens is 1. The molecular formula is C13H9ClN2O4S2. The van der Waals surface area contributed by atoms with E-state index in [-0.39, 0.29) is 20.4 Å². The van der Waals surface area contributed by atoms with Crippen LogP contribution in [0.2, 0.25) is 5.02 Å². The van der Waals surface area contributed by atoms with Gasteiger partial charge in [-0.2, -0.15) is 5.26 Å². The molecule has 0 atom stereocenters. The zero-order valence-electron chi connectivity index (χ0n) is 11.2. The number of nitriles is 1. The highest BCUT2D eigenvalue weighted by molar-refractivity contribution is 7.92. The summed E-state index contributed by atoms with van der Waals surface area (Å²) in [6.07, 6.45) is 0. The van der Waals surface area contributed by atoms with Gasteiger partial charge in [-0.1, -0.05) is 11.6 Å². The smallest absolute Gasteiger partial charge is 0.275 e. The van der Waals surface area contributed by atoms with Crippen molar-refractivity contribution in [3.05, 3.63) is 45.8 Å². The highest BCUT2D eigenvalue weighted by Gasteiger charge is 2.24. The molecule has 0 saturated heterocycles. The number of methoxy groups -OCH3 is 1. The van der Waals surface area contributed by atoms with Crippen molar-refractivity contribution < 1.29 is 17.9 Å². The Kier molecular flexibility index (Phi) is 4.71. The summed E-state index contributed by atoms with van der Waals surface area (Å²) in [5, 5.41) is 10.6. The Morgan fingerprint density at radius 2 is 2.14 bits per heavy atom. The van der Waals surface area contributed by atoms with Gasteiger partial charge < -0.3 is 4.74 Å². The molecule has 6 nitrogen and oxygen atoms in total. The third kappa shape index (κ3) is 3.39. The lowest BCUT2D eigenvalue weighted by Gasteiger charge is -2.07. The summed E-state index contributed by atoms with van der Waals surface area (Å²) in [6, 6.07) is 7.29. The van der Waals surface area contributed by atoms with Crippen LogP contribution in [-0.4, -0.2) is 21.4 Å². The number of hydrogen-bond donors (Lipinski definition) is 1. The summed E-state index contributed by atoms with van der Waals surface area (Å²) in [6.45, 7) is 0. The van der Waals surface area contributed by atoms with Gasteiger partial charge >= 0.3 is 0 Å². The monoisotopic (exact) mass is 356 g/mol. The number of carbonyl (C=O) groups excluding carboxylic acids is 1. The van der Waals surface area contributed by atoms with E-state index in [1.165, 1.54) is 36.8 Å². The van der Waals surface area contributed by atoms with Gasteiger partial charge in [0.1, 0.15) is 11.8 Å². The lowest BCUT2D eigenvalue weighted by molar-refractivity contribution is 0.0981. The van der Waals surface area contributed by atoms with Crippen molar-refractivity contribution in [3.63, 3.8) is 0 Å². The number of sulfonamides is 1. The molecule has 1 aromatic carbocycles. The summed E-state index contributed by atoms with van der Waals surface area (Å²) in [5.74, 6) is -0.540. The van der Waals surface area contributed by atoms with E-state index in [2.05, 4.69) is 0 Å². The Morgan fingerprint density at radius 3 is 2.77 bits per heavy atom. The number of nitrogens with one attached hydrogen (secondary N) is 1. The molecule has 0 aliphatic carbocycles. The van der Waals surface area contributed by atoms with Crippen molar-refractivity contribution in [2.75, 3.05) is 7.11 Å². The lowest BCUT2D eigenvalue weighted by atomic mass is 10.2.